The number of carbonyl (C=O) groups is 1. The zero-order chi connectivity index (χ0) is 13.3. The average molecular weight is 297 g/mol. The normalized spacial score (nSPS) is 19.2. The molecule has 4 nitrogen and oxygen atoms in total. The van der Waals surface area contributed by atoms with Gasteiger partial charge in [0.1, 0.15) is 0 Å². The van der Waals surface area contributed by atoms with Crippen LogP contribution in [0.5, 0.6) is 0 Å². The number of carbonyl (C=O) groups excluding carboxylic acids is 1. The molecule has 3 N–H and O–H groups in total. The van der Waals surface area contributed by atoms with Crippen LogP contribution in [0.2, 0.25) is 0 Å². The van der Waals surface area contributed by atoms with E-state index in [9.17, 15) is 4.79 Å². The first-order valence-electron chi connectivity index (χ1n) is 6.95. The van der Waals surface area contributed by atoms with E-state index in [1.807, 2.05) is 18.2 Å². The highest BCUT2D eigenvalue weighted by Gasteiger charge is 2.34. The third-order valence-corrected chi connectivity index (χ3v) is 4.31. The molecule has 1 fully saturated rings. The zero-order valence-corrected chi connectivity index (χ0v) is 12.3. The van der Waals surface area contributed by atoms with Gasteiger partial charge in [-0.2, -0.15) is 0 Å². The Morgan fingerprint density at radius 3 is 2.65 bits per heavy atom. The summed E-state index contributed by atoms with van der Waals surface area (Å²) in [5, 5.41) is 3.14. The van der Waals surface area contributed by atoms with Gasteiger partial charge in [-0.15, -0.1) is 12.4 Å². The van der Waals surface area contributed by atoms with Gasteiger partial charge in [-0.05, 0) is 36.1 Å². The number of nitrogens with two attached hydrogens (primary N) is 1. The van der Waals surface area contributed by atoms with Crippen molar-refractivity contribution in [2.24, 2.45) is 5.73 Å². The van der Waals surface area contributed by atoms with Gasteiger partial charge in [0.15, 0.2) is 0 Å². The molecular formula is C15H21ClN2O2. The summed E-state index contributed by atoms with van der Waals surface area (Å²) in [4.78, 5) is 12.4. The van der Waals surface area contributed by atoms with Gasteiger partial charge in [0.05, 0.1) is 18.8 Å². The van der Waals surface area contributed by atoms with E-state index in [0.717, 1.165) is 31.2 Å². The van der Waals surface area contributed by atoms with Crippen molar-refractivity contribution >= 4 is 18.3 Å². The highest BCUT2D eigenvalue weighted by atomic mass is 35.5. The lowest BCUT2D eigenvalue weighted by Gasteiger charge is -2.28. The first-order chi connectivity index (χ1) is 9.22. The molecule has 1 aliphatic heterocycles. The second-order valence-corrected chi connectivity index (χ2v) is 5.62. The summed E-state index contributed by atoms with van der Waals surface area (Å²) in [6.45, 7) is 1.79. The van der Waals surface area contributed by atoms with Crippen LogP contribution in [0.3, 0.4) is 0 Å². The monoisotopic (exact) mass is 296 g/mol. The van der Waals surface area contributed by atoms with E-state index < -0.39 is 0 Å². The van der Waals surface area contributed by atoms with Gasteiger partial charge in [-0.3, -0.25) is 4.79 Å². The van der Waals surface area contributed by atoms with Crippen LogP contribution in [-0.4, -0.2) is 18.0 Å². The lowest BCUT2D eigenvalue weighted by atomic mass is 9.96. The lowest BCUT2D eigenvalue weighted by Crippen LogP contribution is -2.51. The maximum Gasteiger partial charge on any atom is 0.251 e. The highest BCUT2D eigenvalue weighted by Crippen LogP contribution is 2.29. The fourth-order valence-electron chi connectivity index (χ4n) is 3.06. The molecule has 2 aliphatic rings. The van der Waals surface area contributed by atoms with Gasteiger partial charge >= 0.3 is 0 Å². The van der Waals surface area contributed by atoms with E-state index in [1.165, 1.54) is 5.56 Å². The van der Waals surface area contributed by atoms with Crippen LogP contribution in [0.25, 0.3) is 0 Å². The molecule has 110 valence electrons. The third kappa shape index (κ3) is 2.82. The minimum atomic E-state index is -0.188. The van der Waals surface area contributed by atoms with Gasteiger partial charge in [-0.1, -0.05) is 18.9 Å². The molecule has 0 radical (unpaired) electrons. The van der Waals surface area contributed by atoms with Crippen molar-refractivity contribution in [3.63, 3.8) is 0 Å². The van der Waals surface area contributed by atoms with Gasteiger partial charge < -0.3 is 15.8 Å². The van der Waals surface area contributed by atoms with E-state index in [1.54, 1.807) is 0 Å². The molecule has 0 saturated heterocycles. The summed E-state index contributed by atoms with van der Waals surface area (Å²) in [5.41, 5.74) is 8.69. The fourth-order valence-corrected chi connectivity index (χ4v) is 3.06. The summed E-state index contributed by atoms with van der Waals surface area (Å²) in [7, 11) is 0. The highest BCUT2D eigenvalue weighted by molar-refractivity contribution is 5.95. The van der Waals surface area contributed by atoms with Crippen molar-refractivity contribution in [3.05, 3.63) is 34.9 Å². The van der Waals surface area contributed by atoms with Crippen molar-refractivity contribution in [1.29, 1.82) is 0 Å². The van der Waals surface area contributed by atoms with Crippen LogP contribution < -0.4 is 11.1 Å². The number of fused-ring (bicyclic) bond motifs is 1. The Balaban J connectivity index is 0.00000147. The molecular weight excluding hydrogens is 276 g/mol. The smallest absolute Gasteiger partial charge is 0.251 e. The molecule has 0 unspecified atom stereocenters. The fraction of sp³-hybridized carbons (Fsp3) is 0.533. The Hall–Kier alpha value is -1.10. The van der Waals surface area contributed by atoms with Gasteiger partial charge in [-0.25, -0.2) is 0 Å². The van der Waals surface area contributed by atoms with E-state index >= 15 is 0 Å². The molecule has 0 bridgehead atoms. The minimum absolute atomic E-state index is 0. The standard InChI is InChI=1S/C15H20N2O2.ClH/c16-10-15(5-1-2-6-15)17-14(18)11-3-4-12-8-19-9-13(12)7-11;/h3-4,7H,1-2,5-6,8-10,16H2,(H,17,18);1H. The van der Waals surface area contributed by atoms with Crippen LogP contribution in [0, 0.1) is 0 Å². The number of halogens is 1. The molecule has 1 amide bonds. The van der Waals surface area contributed by atoms with Crippen molar-refractivity contribution in [2.75, 3.05) is 6.54 Å². The van der Waals surface area contributed by atoms with Gasteiger partial charge in [0, 0.05) is 12.1 Å². The van der Waals surface area contributed by atoms with Gasteiger partial charge in [0.2, 0.25) is 0 Å². The SMILES string of the molecule is Cl.NCC1(NC(=O)c2ccc3c(c2)COC3)CCCC1. The number of ether oxygens (including phenoxy) is 1. The maximum atomic E-state index is 12.4. The van der Waals surface area contributed by atoms with Gasteiger partial charge in [0.25, 0.3) is 5.91 Å². The predicted molar refractivity (Wildman–Crippen MR) is 79.9 cm³/mol. The molecule has 1 saturated carbocycles. The largest absolute Gasteiger partial charge is 0.372 e. The van der Waals surface area contributed by atoms with Crippen LogP contribution in [-0.2, 0) is 18.0 Å². The average Bonchev–Trinajstić information content (AvgIpc) is 3.06. The van der Waals surface area contributed by atoms with E-state index in [-0.39, 0.29) is 23.9 Å². The molecule has 0 aromatic heterocycles. The van der Waals surface area contributed by atoms with Crippen molar-refractivity contribution in [1.82, 2.24) is 5.32 Å². The minimum Gasteiger partial charge on any atom is -0.372 e. The Labute approximate surface area is 125 Å². The zero-order valence-electron chi connectivity index (χ0n) is 11.5. The van der Waals surface area contributed by atoms with Crippen molar-refractivity contribution in [2.45, 2.75) is 44.4 Å². The molecule has 0 spiro atoms. The van der Waals surface area contributed by atoms with Crippen LogP contribution >= 0.6 is 12.4 Å². The summed E-state index contributed by atoms with van der Waals surface area (Å²) in [5.74, 6) is -0.0120. The van der Waals surface area contributed by atoms with E-state index in [0.29, 0.717) is 25.3 Å². The number of rotatable bonds is 3. The Morgan fingerprint density at radius 2 is 1.95 bits per heavy atom. The Morgan fingerprint density at radius 1 is 1.25 bits per heavy atom. The number of amides is 1. The third-order valence-electron chi connectivity index (χ3n) is 4.31. The molecule has 20 heavy (non-hydrogen) atoms. The molecule has 1 aromatic rings. The van der Waals surface area contributed by atoms with Crippen molar-refractivity contribution < 1.29 is 9.53 Å². The quantitative estimate of drug-likeness (QED) is 0.898. The number of hydrogen-bond acceptors (Lipinski definition) is 3. The molecule has 1 aromatic carbocycles. The number of benzene rings is 1. The van der Waals surface area contributed by atoms with Crippen molar-refractivity contribution in [3.8, 4) is 0 Å². The summed E-state index contributed by atoms with van der Waals surface area (Å²) in [6, 6.07) is 5.81. The van der Waals surface area contributed by atoms with Crippen LogP contribution in [0.4, 0.5) is 0 Å². The first kappa shape index (κ1) is 15.3. The first-order valence-corrected chi connectivity index (χ1v) is 6.95. The van der Waals surface area contributed by atoms with Crippen LogP contribution in [0.15, 0.2) is 18.2 Å². The maximum absolute atomic E-state index is 12.4. The topological polar surface area (TPSA) is 64.3 Å². The summed E-state index contributed by atoms with van der Waals surface area (Å²) >= 11 is 0. The predicted octanol–water partition coefficient (Wildman–Crippen LogP) is 2.14. The number of hydrogen-bond donors (Lipinski definition) is 2. The molecule has 3 rings (SSSR count). The van der Waals surface area contributed by atoms with Crippen LogP contribution in [0.1, 0.15) is 47.2 Å². The second kappa shape index (κ2) is 6.12. The van der Waals surface area contributed by atoms with E-state index in [2.05, 4.69) is 5.32 Å². The number of nitrogens with one attached hydrogen (secondary N) is 1. The summed E-state index contributed by atoms with van der Waals surface area (Å²) < 4.78 is 5.37. The Kier molecular flexibility index (Phi) is 4.68. The molecule has 1 aliphatic carbocycles. The molecule has 1 heterocycles. The lowest BCUT2D eigenvalue weighted by molar-refractivity contribution is 0.0903. The molecule has 5 heteroatoms. The molecule has 0 atom stereocenters. The second-order valence-electron chi connectivity index (χ2n) is 5.62. The Bertz CT molecular complexity index is 499. The van der Waals surface area contributed by atoms with E-state index in [4.69, 9.17) is 10.5 Å². The summed E-state index contributed by atoms with van der Waals surface area (Å²) in [6.07, 6.45) is 4.28.